The van der Waals surface area contributed by atoms with Gasteiger partial charge in [-0.3, -0.25) is 15.4 Å². The third-order valence-electron chi connectivity index (χ3n) is 3.16. The average molecular weight is 328 g/mol. The van der Waals surface area contributed by atoms with Gasteiger partial charge in [0.2, 0.25) is 0 Å². The van der Waals surface area contributed by atoms with Crippen LogP contribution in [0.3, 0.4) is 0 Å². The molecule has 0 radical (unpaired) electrons. The van der Waals surface area contributed by atoms with E-state index < -0.39 is 18.2 Å². The van der Waals surface area contributed by atoms with E-state index in [4.69, 9.17) is 9.47 Å². The molecule has 6 heteroatoms. The van der Waals surface area contributed by atoms with Gasteiger partial charge in [0.05, 0.1) is 6.42 Å². The Balaban J connectivity index is 4.01. The second kappa shape index (κ2) is 13.1. The van der Waals surface area contributed by atoms with E-state index in [-0.39, 0.29) is 18.2 Å². The molecule has 0 rings (SSSR count). The standard InChI is InChI=1S/C17H32N2O4/c1-6-8-10-18-14(4)22-16(20)12-13(3)17(21)23-15(5)19-11-9-7-2/h14-15,18-19H,3,6-12H2,1-2,4-5H3. The van der Waals surface area contributed by atoms with Crippen molar-refractivity contribution < 1.29 is 19.1 Å². The molecule has 0 aromatic heterocycles. The third-order valence-corrected chi connectivity index (χ3v) is 3.16. The highest BCUT2D eigenvalue weighted by atomic mass is 16.6. The summed E-state index contributed by atoms with van der Waals surface area (Å²) in [7, 11) is 0. The van der Waals surface area contributed by atoms with E-state index >= 15 is 0 Å². The Morgan fingerprint density at radius 3 is 1.91 bits per heavy atom. The van der Waals surface area contributed by atoms with E-state index in [0.717, 1.165) is 38.8 Å². The Kier molecular flexibility index (Phi) is 12.3. The highest BCUT2D eigenvalue weighted by molar-refractivity contribution is 5.93. The maximum absolute atomic E-state index is 11.8. The largest absolute Gasteiger partial charge is 0.447 e. The highest BCUT2D eigenvalue weighted by Gasteiger charge is 2.18. The topological polar surface area (TPSA) is 76.7 Å². The molecule has 134 valence electrons. The van der Waals surface area contributed by atoms with Crippen LogP contribution in [0.15, 0.2) is 12.2 Å². The van der Waals surface area contributed by atoms with Crippen LogP contribution in [0.2, 0.25) is 0 Å². The van der Waals surface area contributed by atoms with Crippen LogP contribution >= 0.6 is 0 Å². The molecule has 0 spiro atoms. The van der Waals surface area contributed by atoms with Gasteiger partial charge in [-0.1, -0.05) is 33.3 Å². The van der Waals surface area contributed by atoms with Crippen molar-refractivity contribution in [1.29, 1.82) is 0 Å². The number of esters is 2. The zero-order valence-corrected chi connectivity index (χ0v) is 14.9. The van der Waals surface area contributed by atoms with Crippen LogP contribution < -0.4 is 10.6 Å². The van der Waals surface area contributed by atoms with Crippen molar-refractivity contribution in [2.24, 2.45) is 0 Å². The van der Waals surface area contributed by atoms with Crippen molar-refractivity contribution in [2.75, 3.05) is 13.1 Å². The Bertz CT molecular complexity index is 372. The highest BCUT2D eigenvalue weighted by Crippen LogP contribution is 2.06. The van der Waals surface area contributed by atoms with Gasteiger partial charge in [0.25, 0.3) is 0 Å². The van der Waals surface area contributed by atoms with E-state index in [1.54, 1.807) is 13.8 Å². The molecule has 0 bridgehead atoms. The lowest BCUT2D eigenvalue weighted by molar-refractivity contribution is -0.152. The number of hydrogen-bond donors (Lipinski definition) is 2. The summed E-state index contributed by atoms with van der Waals surface area (Å²) in [5.41, 5.74) is 0.0971. The van der Waals surface area contributed by atoms with Crippen LogP contribution in [0, 0.1) is 0 Å². The van der Waals surface area contributed by atoms with Crippen molar-refractivity contribution in [3.63, 3.8) is 0 Å². The van der Waals surface area contributed by atoms with Crippen molar-refractivity contribution in [3.8, 4) is 0 Å². The summed E-state index contributed by atoms with van der Waals surface area (Å²) >= 11 is 0. The van der Waals surface area contributed by atoms with Crippen LogP contribution in [0.1, 0.15) is 59.8 Å². The lowest BCUT2D eigenvalue weighted by Gasteiger charge is -2.17. The zero-order chi connectivity index (χ0) is 17.7. The molecular weight excluding hydrogens is 296 g/mol. The Hall–Kier alpha value is -1.40. The second-order valence-electron chi connectivity index (χ2n) is 5.58. The van der Waals surface area contributed by atoms with Crippen molar-refractivity contribution >= 4 is 11.9 Å². The van der Waals surface area contributed by atoms with Gasteiger partial charge in [-0.25, -0.2) is 4.79 Å². The summed E-state index contributed by atoms with van der Waals surface area (Å²) in [6, 6.07) is 0. The molecule has 0 aliphatic carbocycles. The molecule has 2 N–H and O–H groups in total. The van der Waals surface area contributed by atoms with Gasteiger partial charge in [0.15, 0.2) is 12.5 Å². The van der Waals surface area contributed by atoms with Gasteiger partial charge in [-0.05, 0) is 39.8 Å². The van der Waals surface area contributed by atoms with E-state index in [1.807, 2.05) is 0 Å². The smallest absolute Gasteiger partial charge is 0.335 e. The number of nitrogens with one attached hydrogen (secondary N) is 2. The van der Waals surface area contributed by atoms with E-state index in [0.29, 0.717) is 0 Å². The van der Waals surface area contributed by atoms with Gasteiger partial charge in [0.1, 0.15) is 0 Å². The molecular formula is C17H32N2O4. The third kappa shape index (κ3) is 11.8. The summed E-state index contributed by atoms with van der Waals surface area (Å²) < 4.78 is 10.3. The number of hydrogen-bond acceptors (Lipinski definition) is 6. The molecule has 23 heavy (non-hydrogen) atoms. The Morgan fingerprint density at radius 1 is 0.957 bits per heavy atom. The molecule has 0 heterocycles. The second-order valence-corrected chi connectivity index (χ2v) is 5.58. The number of carbonyl (C=O) groups excluding carboxylic acids is 2. The zero-order valence-electron chi connectivity index (χ0n) is 14.9. The Morgan fingerprint density at radius 2 is 1.43 bits per heavy atom. The number of unbranched alkanes of at least 4 members (excludes halogenated alkanes) is 2. The SMILES string of the molecule is C=C(CC(=O)OC(C)NCCCC)C(=O)OC(C)NCCCC. The summed E-state index contributed by atoms with van der Waals surface area (Å²) in [6.07, 6.45) is 3.21. The van der Waals surface area contributed by atoms with E-state index in [1.165, 1.54) is 0 Å². The van der Waals surface area contributed by atoms with E-state index in [9.17, 15) is 9.59 Å². The maximum atomic E-state index is 11.8. The molecule has 0 fully saturated rings. The first-order chi connectivity index (χ1) is 10.9. The molecule has 0 saturated carbocycles. The molecule has 0 aromatic rings. The van der Waals surface area contributed by atoms with Gasteiger partial charge in [0, 0.05) is 5.57 Å². The fourth-order valence-electron chi connectivity index (χ4n) is 1.78. The van der Waals surface area contributed by atoms with Crippen molar-refractivity contribution in [2.45, 2.75) is 72.3 Å². The normalized spacial score (nSPS) is 13.2. The summed E-state index contributed by atoms with van der Waals surface area (Å²) in [5, 5.41) is 6.15. The number of ether oxygens (including phenoxy) is 2. The van der Waals surface area contributed by atoms with Gasteiger partial charge >= 0.3 is 11.9 Å². The number of rotatable bonds is 13. The fraction of sp³-hybridized carbons (Fsp3) is 0.765. The van der Waals surface area contributed by atoms with Crippen LogP contribution in [0.5, 0.6) is 0 Å². The van der Waals surface area contributed by atoms with Crippen LogP contribution in [0.25, 0.3) is 0 Å². The van der Waals surface area contributed by atoms with Crippen LogP contribution in [-0.2, 0) is 19.1 Å². The molecule has 6 nitrogen and oxygen atoms in total. The molecule has 0 amide bonds. The Labute approximate surface area is 140 Å². The van der Waals surface area contributed by atoms with Gasteiger partial charge in [-0.2, -0.15) is 0 Å². The van der Waals surface area contributed by atoms with Crippen LogP contribution in [-0.4, -0.2) is 37.5 Å². The minimum Gasteiger partial charge on any atom is -0.447 e. The lowest BCUT2D eigenvalue weighted by atomic mass is 10.2. The summed E-state index contributed by atoms with van der Waals surface area (Å²) in [6.45, 7) is 12.9. The lowest BCUT2D eigenvalue weighted by Crippen LogP contribution is -2.33. The maximum Gasteiger partial charge on any atom is 0.335 e. The molecule has 0 saturated heterocycles. The average Bonchev–Trinajstić information content (AvgIpc) is 2.47. The predicted octanol–water partition coefficient (Wildman–Crippen LogP) is 2.49. The summed E-state index contributed by atoms with van der Waals surface area (Å²) in [5.74, 6) is -1.07. The monoisotopic (exact) mass is 328 g/mol. The molecule has 2 unspecified atom stereocenters. The predicted molar refractivity (Wildman–Crippen MR) is 90.7 cm³/mol. The van der Waals surface area contributed by atoms with Crippen LogP contribution in [0.4, 0.5) is 0 Å². The van der Waals surface area contributed by atoms with E-state index in [2.05, 4.69) is 31.1 Å². The molecule has 0 aromatic carbocycles. The summed E-state index contributed by atoms with van der Waals surface area (Å²) in [4.78, 5) is 23.6. The first-order valence-corrected chi connectivity index (χ1v) is 8.45. The minimum atomic E-state index is -0.579. The molecule has 0 aliphatic heterocycles. The van der Waals surface area contributed by atoms with Crippen molar-refractivity contribution in [1.82, 2.24) is 10.6 Å². The first kappa shape index (κ1) is 21.6. The molecule has 0 aliphatic rings. The fourth-order valence-corrected chi connectivity index (χ4v) is 1.78. The van der Waals surface area contributed by atoms with Gasteiger partial charge < -0.3 is 9.47 Å². The minimum absolute atomic E-state index is 0.0971. The van der Waals surface area contributed by atoms with Gasteiger partial charge in [-0.15, -0.1) is 0 Å². The quantitative estimate of drug-likeness (QED) is 0.234. The molecule has 2 atom stereocenters. The number of carbonyl (C=O) groups is 2. The van der Waals surface area contributed by atoms with Crippen molar-refractivity contribution in [3.05, 3.63) is 12.2 Å². The first-order valence-electron chi connectivity index (χ1n) is 8.45.